The number of nitrogens with two attached hydrogens (primary N) is 1. The van der Waals surface area contributed by atoms with Crippen molar-refractivity contribution < 1.29 is 9.13 Å². The van der Waals surface area contributed by atoms with E-state index in [0.717, 1.165) is 5.56 Å². The molecule has 0 aliphatic carbocycles. The summed E-state index contributed by atoms with van der Waals surface area (Å²) >= 11 is 5.35. The van der Waals surface area contributed by atoms with Gasteiger partial charge in [0.15, 0.2) is 0 Å². The maximum Gasteiger partial charge on any atom is 0.127 e. The van der Waals surface area contributed by atoms with Crippen LogP contribution >= 0.6 is 11.6 Å². The first-order chi connectivity index (χ1) is 7.61. The van der Waals surface area contributed by atoms with Gasteiger partial charge in [0.25, 0.3) is 0 Å². The van der Waals surface area contributed by atoms with E-state index in [1.807, 2.05) is 6.92 Å². The number of hydrogen-bond donors (Lipinski definition) is 1. The molecule has 1 atom stereocenters. The summed E-state index contributed by atoms with van der Waals surface area (Å²) in [4.78, 5) is 0. The second-order valence-corrected chi connectivity index (χ2v) is 3.90. The lowest BCUT2D eigenvalue weighted by molar-refractivity contribution is 0.360. The van der Waals surface area contributed by atoms with Crippen LogP contribution < -0.4 is 10.5 Å². The van der Waals surface area contributed by atoms with Crippen LogP contribution in [0.3, 0.4) is 0 Å². The maximum absolute atomic E-state index is 13.2. The topological polar surface area (TPSA) is 35.2 Å². The van der Waals surface area contributed by atoms with Crippen molar-refractivity contribution in [3.63, 3.8) is 0 Å². The van der Waals surface area contributed by atoms with Gasteiger partial charge in [0, 0.05) is 17.6 Å². The molecule has 1 rings (SSSR count). The second-order valence-electron chi connectivity index (χ2n) is 3.65. The van der Waals surface area contributed by atoms with Crippen LogP contribution in [0.15, 0.2) is 29.8 Å². The lowest BCUT2D eigenvalue weighted by Crippen LogP contribution is -2.17. The predicted octanol–water partition coefficient (Wildman–Crippen LogP) is 2.85. The number of rotatable bonds is 5. The van der Waals surface area contributed by atoms with Crippen molar-refractivity contribution in [2.24, 2.45) is 5.73 Å². The van der Waals surface area contributed by atoms with Crippen LogP contribution in [0.25, 0.3) is 0 Å². The van der Waals surface area contributed by atoms with Gasteiger partial charge in [-0.15, -0.1) is 0 Å². The van der Waals surface area contributed by atoms with Gasteiger partial charge in [0.05, 0.1) is 0 Å². The van der Waals surface area contributed by atoms with Crippen molar-refractivity contribution in [3.05, 3.63) is 41.2 Å². The van der Waals surface area contributed by atoms with Crippen molar-refractivity contribution in [2.45, 2.75) is 19.4 Å². The first-order valence-corrected chi connectivity index (χ1v) is 5.48. The van der Waals surface area contributed by atoms with E-state index in [4.69, 9.17) is 22.1 Å². The molecule has 0 aliphatic heterocycles. The summed E-state index contributed by atoms with van der Waals surface area (Å²) in [5.41, 5.74) is 7.85. The van der Waals surface area contributed by atoms with Crippen LogP contribution in [0.2, 0.25) is 0 Å². The van der Waals surface area contributed by atoms with Crippen LogP contribution in [0.5, 0.6) is 5.75 Å². The van der Waals surface area contributed by atoms with E-state index in [9.17, 15) is 4.39 Å². The molecule has 1 aromatic rings. The SMILES string of the molecule is CC(N)Cc1cc(F)cc(OC/C=C/Cl)c1. The van der Waals surface area contributed by atoms with Gasteiger partial charge in [0.2, 0.25) is 0 Å². The average molecular weight is 244 g/mol. The molecule has 0 bridgehead atoms. The highest BCUT2D eigenvalue weighted by atomic mass is 35.5. The normalized spacial score (nSPS) is 13.0. The molecule has 1 unspecified atom stereocenters. The fraction of sp³-hybridized carbons (Fsp3) is 0.333. The fourth-order valence-electron chi connectivity index (χ4n) is 1.37. The third-order valence-corrected chi connectivity index (χ3v) is 2.10. The van der Waals surface area contributed by atoms with Crippen LogP contribution in [-0.2, 0) is 6.42 Å². The molecule has 0 fully saturated rings. The van der Waals surface area contributed by atoms with Crippen LogP contribution in [0.4, 0.5) is 4.39 Å². The van der Waals surface area contributed by atoms with Gasteiger partial charge in [-0.25, -0.2) is 4.39 Å². The minimum atomic E-state index is -0.317. The van der Waals surface area contributed by atoms with Crippen LogP contribution in [0.1, 0.15) is 12.5 Å². The molecule has 0 aromatic heterocycles. The van der Waals surface area contributed by atoms with E-state index in [-0.39, 0.29) is 11.9 Å². The summed E-state index contributed by atoms with van der Waals surface area (Å²) in [5, 5.41) is 0. The van der Waals surface area contributed by atoms with Crippen molar-refractivity contribution in [2.75, 3.05) is 6.61 Å². The first-order valence-electron chi connectivity index (χ1n) is 5.05. The first kappa shape index (κ1) is 13.0. The molecule has 0 heterocycles. The van der Waals surface area contributed by atoms with E-state index >= 15 is 0 Å². The lowest BCUT2D eigenvalue weighted by Gasteiger charge is -2.08. The third kappa shape index (κ3) is 4.64. The van der Waals surface area contributed by atoms with Crippen LogP contribution in [0, 0.1) is 5.82 Å². The van der Waals surface area contributed by atoms with Crippen molar-refractivity contribution >= 4 is 11.6 Å². The molecule has 0 amide bonds. The zero-order valence-electron chi connectivity index (χ0n) is 9.12. The molecule has 4 heteroatoms. The van der Waals surface area contributed by atoms with Gasteiger partial charge in [-0.2, -0.15) is 0 Å². The van der Waals surface area contributed by atoms with E-state index in [2.05, 4.69) is 0 Å². The molecule has 2 nitrogen and oxygen atoms in total. The Bertz CT molecular complexity index is 366. The smallest absolute Gasteiger partial charge is 0.127 e. The van der Waals surface area contributed by atoms with Gasteiger partial charge in [-0.05, 0) is 37.1 Å². The predicted molar refractivity (Wildman–Crippen MR) is 64.2 cm³/mol. The van der Waals surface area contributed by atoms with Crippen molar-refractivity contribution in [1.29, 1.82) is 0 Å². The summed E-state index contributed by atoms with van der Waals surface area (Å²) in [6, 6.07) is 4.59. The molecule has 0 saturated carbocycles. The molecule has 16 heavy (non-hydrogen) atoms. The Morgan fingerprint density at radius 3 is 2.88 bits per heavy atom. The van der Waals surface area contributed by atoms with Gasteiger partial charge in [-0.1, -0.05) is 11.6 Å². The lowest BCUT2D eigenvalue weighted by atomic mass is 10.1. The Hall–Kier alpha value is -1.06. The Morgan fingerprint density at radius 2 is 2.25 bits per heavy atom. The van der Waals surface area contributed by atoms with Crippen molar-refractivity contribution in [3.8, 4) is 5.75 Å². The monoisotopic (exact) mass is 243 g/mol. The number of halogens is 2. The quantitative estimate of drug-likeness (QED) is 0.863. The van der Waals surface area contributed by atoms with Crippen LogP contribution in [-0.4, -0.2) is 12.6 Å². The van der Waals surface area contributed by atoms with E-state index in [1.165, 1.54) is 17.7 Å². The summed E-state index contributed by atoms with van der Waals surface area (Å²) < 4.78 is 18.5. The molecule has 88 valence electrons. The zero-order valence-corrected chi connectivity index (χ0v) is 9.88. The average Bonchev–Trinajstić information content (AvgIpc) is 2.16. The van der Waals surface area contributed by atoms with E-state index < -0.39 is 0 Å². The van der Waals surface area contributed by atoms with Crippen molar-refractivity contribution in [1.82, 2.24) is 0 Å². The minimum Gasteiger partial charge on any atom is -0.489 e. The van der Waals surface area contributed by atoms with Gasteiger partial charge in [-0.3, -0.25) is 0 Å². The Morgan fingerprint density at radius 1 is 1.50 bits per heavy atom. The molecule has 0 spiro atoms. The molecule has 2 N–H and O–H groups in total. The molecule has 0 aliphatic rings. The summed E-state index contributed by atoms with van der Waals surface area (Å²) in [6.07, 6.45) is 2.26. The highest BCUT2D eigenvalue weighted by Gasteiger charge is 2.03. The summed E-state index contributed by atoms with van der Waals surface area (Å²) in [5.74, 6) is 0.174. The molecule has 1 aromatic carbocycles. The number of hydrogen-bond acceptors (Lipinski definition) is 2. The van der Waals surface area contributed by atoms with Gasteiger partial charge < -0.3 is 10.5 Å². The van der Waals surface area contributed by atoms with Gasteiger partial charge in [0.1, 0.15) is 18.2 Å². The third-order valence-electron chi connectivity index (χ3n) is 1.92. The molecular weight excluding hydrogens is 229 g/mol. The molecular formula is C12H15ClFNO. The summed E-state index contributed by atoms with van der Waals surface area (Å²) in [7, 11) is 0. The highest BCUT2D eigenvalue weighted by Crippen LogP contribution is 2.17. The van der Waals surface area contributed by atoms with E-state index in [1.54, 1.807) is 12.1 Å². The largest absolute Gasteiger partial charge is 0.489 e. The molecule has 0 saturated heterocycles. The van der Waals surface area contributed by atoms with E-state index in [0.29, 0.717) is 18.8 Å². The maximum atomic E-state index is 13.2. The Labute approximate surface area is 99.9 Å². The second kappa shape index (κ2) is 6.51. The fourth-order valence-corrected chi connectivity index (χ4v) is 1.45. The Balaban J connectivity index is 2.73. The zero-order chi connectivity index (χ0) is 12.0. The van der Waals surface area contributed by atoms with Gasteiger partial charge >= 0.3 is 0 Å². The minimum absolute atomic E-state index is 0.00242. The highest BCUT2D eigenvalue weighted by molar-refractivity contribution is 6.25. The summed E-state index contributed by atoms with van der Waals surface area (Å²) in [6.45, 7) is 2.20. The Kier molecular flexibility index (Phi) is 5.29. The molecule has 0 radical (unpaired) electrons. The number of benzene rings is 1. The number of ether oxygens (including phenoxy) is 1. The standard InChI is InChI=1S/C12H15ClFNO/c1-9(15)5-10-6-11(14)8-12(7-10)16-4-2-3-13/h2-3,6-9H,4-5,15H2,1H3/b3-2+.